The first-order valence-electron chi connectivity index (χ1n) is 11.1. The molecule has 1 saturated carbocycles. The van der Waals surface area contributed by atoms with Crippen molar-refractivity contribution in [1.29, 1.82) is 0 Å². The van der Waals surface area contributed by atoms with E-state index in [1.807, 2.05) is 6.07 Å². The largest absolute Gasteiger partial charge is 0.310 e. The number of hydrogen-bond acceptors (Lipinski definition) is 4. The first-order chi connectivity index (χ1) is 17.0. The monoisotopic (exact) mass is 476 g/mol. The van der Waals surface area contributed by atoms with Gasteiger partial charge >= 0.3 is 0 Å². The lowest BCUT2D eigenvalue weighted by Gasteiger charge is -2.13. The zero-order valence-corrected chi connectivity index (χ0v) is 19.0. The summed E-state index contributed by atoms with van der Waals surface area (Å²) in [7, 11) is 0. The third-order valence-electron chi connectivity index (χ3n) is 5.65. The lowest BCUT2D eigenvalue weighted by molar-refractivity contribution is -0.117. The highest BCUT2D eigenvalue weighted by atomic mass is 19.2. The summed E-state index contributed by atoms with van der Waals surface area (Å²) in [5, 5.41) is 5.26. The number of nitrogens with zero attached hydrogens (tertiary/aromatic N) is 3. The highest BCUT2D eigenvalue weighted by molar-refractivity contribution is 5.94. The molecule has 1 aliphatic rings. The van der Waals surface area contributed by atoms with Gasteiger partial charge in [0.1, 0.15) is 18.3 Å². The standard InChI is InChI=1S/C27H23F3N4O/c1-17-13-24(29)23(18(3-2-9-28)8-12-33-30)16-22(17)20-6-10-31-25(14-20)21-7-11-32-26(15-21)34-27(35)19-4-5-19/h2-3,6-8,10-16,19H,4-5,9H2,1H3,(H,32,34,35)/b3-2+,18-8+,33-12-. The molecule has 0 spiro atoms. The average molecular weight is 477 g/mol. The Morgan fingerprint density at radius 2 is 1.91 bits per heavy atom. The van der Waals surface area contributed by atoms with Crippen molar-refractivity contribution in [2.45, 2.75) is 19.8 Å². The summed E-state index contributed by atoms with van der Waals surface area (Å²) in [5.74, 6) is -0.0368. The highest BCUT2D eigenvalue weighted by Crippen LogP contribution is 2.33. The predicted molar refractivity (Wildman–Crippen MR) is 132 cm³/mol. The molecule has 0 saturated heterocycles. The summed E-state index contributed by atoms with van der Waals surface area (Å²) in [4.78, 5) is 20.8. The molecule has 4 rings (SSSR count). The van der Waals surface area contributed by atoms with E-state index in [0.717, 1.165) is 35.7 Å². The molecule has 8 heteroatoms. The summed E-state index contributed by atoms with van der Waals surface area (Å²) < 4.78 is 39.9. The third-order valence-corrected chi connectivity index (χ3v) is 5.65. The minimum Gasteiger partial charge on any atom is -0.310 e. The summed E-state index contributed by atoms with van der Waals surface area (Å²) in [5.41, 5.74) is 4.07. The number of hydrogen-bond donors (Lipinski definition) is 1. The van der Waals surface area contributed by atoms with Gasteiger partial charge in [-0.3, -0.25) is 9.78 Å². The molecule has 0 aliphatic heterocycles. The first kappa shape index (κ1) is 24.1. The molecule has 0 unspecified atom stereocenters. The molecule has 1 fully saturated rings. The predicted octanol–water partition coefficient (Wildman–Crippen LogP) is 6.47. The molecule has 1 amide bonds. The van der Waals surface area contributed by atoms with Crippen molar-refractivity contribution in [2.24, 2.45) is 11.1 Å². The summed E-state index contributed by atoms with van der Waals surface area (Å²) >= 11 is 0. The van der Waals surface area contributed by atoms with Crippen molar-refractivity contribution in [3.8, 4) is 22.4 Å². The smallest absolute Gasteiger partial charge is 0.228 e. The second-order valence-corrected chi connectivity index (χ2v) is 8.20. The molecular weight excluding hydrogens is 453 g/mol. The minimum absolute atomic E-state index is 0.0331. The van der Waals surface area contributed by atoms with Crippen LogP contribution in [0.5, 0.6) is 0 Å². The summed E-state index contributed by atoms with van der Waals surface area (Å²) in [6.45, 7) is 1.04. The molecule has 35 heavy (non-hydrogen) atoms. The van der Waals surface area contributed by atoms with Gasteiger partial charge in [-0.2, -0.15) is 0 Å². The Morgan fingerprint density at radius 3 is 2.66 bits per heavy atom. The van der Waals surface area contributed by atoms with Crippen LogP contribution in [0.1, 0.15) is 24.0 Å². The number of amides is 1. The number of aryl methyl sites for hydroxylation is 1. The molecule has 0 atom stereocenters. The van der Waals surface area contributed by atoms with Crippen LogP contribution in [-0.2, 0) is 4.79 Å². The van der Waals surface area contributed by atoms with Crippen LogP contribution in [0.3, 0.4) is 0 Å². The van der Waals surface area contributed by atoms with Crippen LogP contribution in [0, 0.1) is 18.7 Å². The van der Waals surface area contributed by atoms with Gasteiger partial charge in [-0.05, 0) is 84.5 Å². The molecule has 0 radical (unpaired) electrons. The Morgan fingerprint density at radius 1 is 1.14 bits per heavy atom. The number of carbonyl (C=O) groups is 1. The molecule has 178 valence electrons. The van der Waals surface area contributed by atoms with Crippen LogP contribution in [0.4, 0.5) is 19.1 Å². The fourth-order valence-corrected chi connectivity index (χ4v) is 3.71. The fourth-order valence-electron chi connectivity index (χ4n) is 3.71. The van der Waals surface area contributed by atoms with Crippen LogP contribution in [-0.4, -0.2) is 28.8 Å². The van der Waals surface area contributed by atoms with Crippen molar-refractivity contribution < 1.29 is 18.1 Å². The molecule has 1 aromatic carbocycles. The normalized spacial score (nSPS) is 14.1. The van der Waals surface area contributed by atoms with Crippen molar-refractivity contribution >= 4 is 23.5 Å². The van der Waals surface area contributed by atoms with E-state index >= 15 is 0 Å². The maximum absolute atomic E-state index is 14.8. The van der Waals surface area contributed by atoms with Gasteiger partial charge in [-0.1, -0.05) is 21.8 Å². The van der Waals surface area contributed by atoms with Crippen LogP contribution < -0.4 is 5.32 Å². The third kappa shape index (κ3) is 5.90. The van der Waals surface area contributed by atoms with E-state index in [4.69, 9.17) is 0 Å². The number of allylic oxidation sites excluding steroid dienone is 4. The molecule has 1 aliphatic carbocycles. The van der Waals surface area contributed by atoms with E-state index in [1.54, 1.807) is 43.6 Å². The number of rotatable bonds is 8. The quantitative estimate of drug-likeness (QED) is 0.299. The number of anilines is 1. The van der Waals surface area contributed by atoms with E-state index < -0.39 is 12.5 Å². The SMILES string of the molecule is Cc1cc(F)c(C(/C=C/CF)=C/C=N\F)cc1-c1ccnc(-c2ccnc(NC(=O)C3CC3)c2)c1. The molecule has 2 heterocycles. The molecule has 3 aromatic rings. The number of aromatic nitrogens is 2. The van der Waals surface area contributed by atoms with Crippen molar-refractivity contribution in [3.63, 3.8) is 0 Å². The number of halogens is 3. The van der Waals surface area contributed by atoms with Gasteiger partial charge in [0.25, 0.3) is 0 Å². The van der Waals surface area contributed by atoms with E-state index in [1.165, 1.54) is 24.3 Å². The van der Waals surface area contributed by atoms with Crippen LogP contribution >= 0.6 is 0 Å². The van der Waals surface area contributed by atoms with E-state index in [2.05, 4.69) is 20.5 Å². The molecule has 5 nitrogen and oxygen atoms in total. The zero-order chi connectivity index (χ0) is 24.8. The molecule has 1 N–H and O–H groups in total. The Kier molecular flexibility index (Phi) is 7.50. The number of alkyl halides is 1. The topological polar surface area (TPSA) is 67.2 Å². The molecular formula is C27H23F3N4O. The summed E-state index contributed by atoms with van der Waals surface area (Å²) in [6, 6.07) is 10.2. The van der Waals surface area contributed by atoms with E-state index in [9.17, 15) is 18.1 Å². The number of benzene rings is 1. The van der Waals surface area contributed by atoms with Gasteiger partial charge in [0, 0.05) is 29.4 Å². The van der Waals surface area contributed by atoms with Crippen molar-refractivity contribution in [1.82, 2.24) is 9.97 Å². The first-order valence-corrected chi connectivity index (χ1v) is 11.1. The maximum Gasteiger partial charge on any atom is 0.228 e. The van der Waals surface area contributed by atoms with Crippen LogP contribution in [0.2, 0.25) is 0 Å². The second-order valence-electron chi connectivity index (χ2n) is 8.20. The summed E-state index contributed by atoms with van der Waals surface area (Å²) in [6.07, 6.45) is 9.79. The van der Waals surface area contributed by atoms with E-state index in [-0.39, 0.29) is 23.0 Å². The number of carbonyl (C=O) groups excluding carboxylic acids is 1. The maximum atomic E-state index is 14.8. The number of nitrogens with one attached hydrogen (secondary N) is 1. The average Bonchev–Trinajstić information content (AvgIpc) is 3.71. The second kappa shape index (κ2) is 10.9. The van der Waals surface area contributed by atoms with Gasteiger partial charge in [0.2, 0.25) is 5.91 Å². The molecule has 2 aromatic heterocycles. The van der Waals surface area contributed by atoms with Gasteiger partial charge in [-0.25, -0.2) is 13.8 Å². The van der Waals surface area contributed by atoms with Gasteiger partial charge in [-0.15, -0.1) is 0 Å². The Bertz CT molecular complexity index is 1330. The van der Waals surface area contributed by atoms with E-state index in [0.29, 0.717) is 17.1 Å². The lowest BCUT2D eigenvalue weighted by Crippen LogP contribution is -2.14. The van der Waals surface area contributed by atoms with Gasteiger partial charge in [0.15, 0.2) is 0 Å². The highest BCUT2D eigenvalue weighted by Gasteiger charge is 2.29. The Labute approximate surface area is 201 Å². The zero-order valence-electron chi connectivity index (χ0n) is 19.0. The van der Waals surface area contributed by atoms with Crippen molar-refractivity contribution in [2.75, 3.05) is 12.0 Å². The number of pyridine rings is 2. The Hall–Kier alpha value is -4.07. The van der Waals surface area contributed by atoms with Crippen molar-refractivity contribution in [3.05, 3.63) is 84.0 Å². The van der Waals surface area contributed by atoms with Crippen LogP contribution in [0.15, 0.2) is 72.2 Å². The fraction of sp³-hybridized carbons (Fsp3) is 0.185. The van der Waals surface area contributed by atoms with Gasteiger partial charge < -0.3 is 5.32 Å². The Balaban J connectivity index is 1.71. The minimum atomic E-state index is -0.743. The lowest BCUT2D eigenvalue weighted by atomic mass is 9.94. The van der Waals surface area contributed by atoms with Crippen LogP contribution in [0.25, 0.3) is 28.0 Å². The van der Waals surface area contributed by atoms with Gasteiger partial charge in [0.05, 0.1) is 11.9 Å². The molecule has 0 bridgehead atoms.